The molecule has 1 aliphatic carbocycles. The molecule has 21 heavy (non-hydrogen) atoms. The largest absolute Gasteiger partial charge is 0.497 e. The first-order valence-electron chi connectivity index (χ1n) is 7.78. The minimum absolute atomic E-state index is 0.640. The quantitative estimate of drug-likeness (QED) is 0.816. The molecule has 0 saturated heterocycles. The van der Waals surface area contributed by atoms with E-state index in [2.05, 4.69) is 30.6 Å². The van der Waals surface area contributed by atoms with Gasteiger partial charge in [-0.3, -0.25) is 0 Å². The van der Waals surface area contributed by atoms with Crippen LogP contribution in [0.2, 0.25) is 0 Å². The fourth-order valence-corrected chi connectivity index (χ4v) is 2.78. The lowest BCUT2D eigenvalue weighted by Crippen LogP contribution is -2.36. The number of methoxy groups -OCH3 is 1. The number of ether oxygens (including phenoxy) is 1. The van der Waals surface area contributed by atoms with Gasteiger partial charge < -0.3 is 10.1 Å². The molecule has 1 aromatic carbocycles. The van der Waals surface area contributed by atoms with Crippen LogP contribution in [0.5, 0.6) is 5.75 Å². The molecule has 0 radical (unpaired) electrons. The highest BCUT2D eigenvalue weighted by molar-refractivity contribution is 5.78. The second kappa shape index (κ2) is 5.90. The zero-order valence-electron chi connectivity index (χ0n) is 12.9. The Morgan fingerprint density at radius 3 is 2.62 bits per heavy atom. The van der Waals surface area contributed by atoms with E-state index in [-0.39, 0.29) is 0 Å². The maximum absolute atomic E-state index is 5.21. The normalized spacial score (nSPS) is 24.6. The van der Waals surface area contributed by atoms with Crippen LogP contribution in [-0.2, 0) is 6.54 Å². The summed E-state index contributed by atoms with van der Waals surface area (Å²) in [5.41, 5.74) is 2.45. The molecule has 0 aromatic heterocycles. The van der Waals surface area contributed by atoms with Gasteiger partial charge in [-0.15, -0.1) is 0 Å². The number of hydrogen-bond acceptors (Lipinski definition) is 3. The van der Waals surface area contributed by atoms with E-state index in [1.807, 2.05) is 18.3 Å². The first-order valence-corrected chi connectivity index (χ1v) is 7.78. The third-order valence-corrected chi connectivity index (χ3v) is 4.45. The molecule has 0 spiro atoms. The fourth-order valence-electron chi connectivity index (χ4n) is 2.78. The summed E-state index contributed by atoms with van der Waals surface area (Å²) >= 11 is 0. The van der Waals surface area contributed by atoms with Gasteiger partial charge in [-0.2, -0.15) is 4.59 Å². The Balaban J connectivity index is 1.70. The number of allylic oxidation sites excluding steroid dienone is 1. The molecule has 4 heteroatoms. The second-order valence-corrected chi connectivity index (χ2v) is 5.91. The Morgan fingerprint density at radius 1 is 1.29 bits per heavy atom. The van der Waals surface area contributed by atoms with Gasteiger partial charge in [0, 0.05) is 11.6 Å². The molecule has 4 nitrogen and oxygen atoms in total. The van der Waals surface area contributed by atoms with Crippen molar-refractivity contribution in [3.8, 4) is 5.75 Å². The van der Waals surface area contributed by atoms with Crippen molar-refractivity contribution in [3.05, 3.63) is 41.7 Å². The predicted molar refractivity (Wildman–Crippen MR) is 84.8 cm³/mol. The molecule has 0 bridgehead atoms. The Kier molecular flexibility index (Phi) is 3.97. The smallest absolute Gasteiger partial charge is 0.148 e. The van der Waals surface area contributed by atoms with Gasteiger partial charge in [0.05, 0.1) is 7.11 Å². The second-order valence-electron chi connectivity index (χ2n) is 5.91. The van der Waals surface area contributed by atoms with Crippen molar-refractivity contribution in [3.63, 3.8) is 0 Å². The molecule has 1 unspecified atom stereocenters. The van der Waals surface area contributed by atoms with E-state index in [4.69, 9.17) is 9.84 Å². The molecule has 1 aromatic rings. The maximum Gasteiger partial charge on any atom is 0.148 e. The highest BCUT2D eigenvalue weighted by Gasteiger charge is 2.30. The standard InChI is InChI=1S/C17H24N3O/c1-3-20(12-14-7-9-17(21-2)10-8-14)13-16(11-18-20)19-15-5-4-6-15/h7-11,13,15,19H,3-6,12H2,1-2H3/q+1. The Morgan fingerprint density at radius 2 is 2.05 bits per heavy atom. The number of benzene rings is 1. The summed E-state index contributed by atoms with van der Waals surface area (Å²) in [5, 5.41) is 8.33. The summed E-state index contributed by atoms with van der Waals surface area (Å²) in [6.07, 6.45) is 8.17. The lowest BCUT2D eigenvalue weighted by Gasteiger charge is -2.27. The summed E-state index contributed by atoms with van der Waals surface area (Å²) in [7, 11) is 1.70. The van der Waals surface area contributed by atoms with Crippen LogP contribution in [0.4, 0.5) is 0 Å². The van der Waals surface area contributed by atoms with E-state index in [9.17, 15) is 0 Å². The van der Waals surface area contributed by atoms with Crippen molar-refractivity contribution in [2.45, 2.75) is 38.8 Å². The minimum Gasteiger partial charge on any atom is -0.497 e. The van der Waals surface area contributed by atoms with Crippen LogP contribution in [0.3, 0.4) is 0 Å². The molecule has 0 amide bonds. The molecule has 1 N–H and O–H groups in total. The van der Waals surface area contributed by atoms with Crippen LogP contribution in [0.15, 0.2) is 41.3 Å². The van der Waals surface area contributed by atoms with Gasteiger partial charge in [0.2, 0.25) is 0 Å². The number of nitrogens with zero attached hydrogens (tertiary/aromatic N) is 2. The van der Waals surface area contributed by atoms with Crippen LogP contribution in [0.1, 0.15) is 31.7 Å². The molecule has 1 saturated carbocycles. The Labute approximate surface area is 126 Å². The minimum atomic E-state index is 0.640. The number of hydrogen-bond donors (Lipinski definition) is 1. The van der Waals surface area contributed by atoms with Gasteiger partial charge in [0.1, 0.15) is 37.0 Å². The summed E-state index contributed by atoms with van der Waals surface area (Å²) in [5.74, 6) is 0.898. The number of nitrogens with one attached hydrogen (secondary N) is 1. The number of quaternary nitrogens is 1. The summed E-state index contributed by atoms with van der Waals surface area (Å²) < 4.78 is 5.85. The third kappa shape index (κ3) is 3.10. The van der Waals surface area contributed by atoms with Crippen molar-refractivity contribution in [2.75, 3.05) is 13.7 Å². The molecular formula is C17H24N3O+. The van der Waals surface area contributed by atoms with Crippen molar-refractivity contribution < 1.29 is 9.33 Å². The van der Waals surface area contributed by atoms with Gasteiger partial charge in [-0.1, -0.05) is 5.10 Å². The van der Waals surface area contributed by atoms with Crippen molar-refractivity contribution in [2.24, 2.45) is 5.10 Å². The summed E-state index contributed by atoms with van der Waals surface area (Å²) in [6, 6.07) is 8.92. The number of rotatable bonds is 6. The summed E-state index contributed by atoms with van der Waals surface area (Å²) in [6.45, 7) is 4.02. The van der Waals surface area contributed by atoms with Gasteiger partial charge in [0.25, 0.3) is 0 Å². The van der Waals surface area contributed by atoms with E-state index < -0.39 is 0 Å². The topological polar surface area (TPSA) is 33.6 Å². The van der Waals surface area contributed by atoms with E-state index in [0.717, 1.165) is 18.8 Å². The van der Waals surface area contributed by atoms with Crippen LogP contribution >= 0.6 is 0 Å². The summed E-state index contributed by atoms with van der Waals surface area (Å²) in [4.78, 5) is 0. The van der Waals surface area contributed by atoms with Gasteiger partial charge in [0.15, 0.2) is 0 Å². The molecular weight excluding hydrogens is 262 g/mol. The monoisotopic (exact) mass is 286 g/mol. The van der Waals surface area contributed by atoms with Crippen molar-refractivity contribution in [1.29, 1.82) is 0 Å². The molecule has 2 aliphatic rings. The maximum atomic E-state index is 5.21. The molecule has 1 fully saturated rings. The third-order valence-electron chi connectivity index (χ3n) is 4.45. The van der Waals surface area contributed by atoms with Crippen LogP contribution in [0, 0.1) is 0 Å². The zero-order chi connectivity index (χ0) is 14.7. The van der Waals surface area contributed by atoms with Crippen LogP contribution < -0.4 is 10.1 Å². The first kappa shape index (κ1) is 14.1. The lowest BCUT2D eigenvalue weighted by molar-refractivity contribution is -0.895. The first-order chi connectivity index (χ1) is 10.2. The highest BCUT2D eigenvalue weighted by atomic mass is 16.5. The fraction of sp³-hybridized carbons (Fsp3) is 0.471. The molecule has 3 rings (SSSR count). The van der Waals surface area contributed by atoms with Gasteiger partial charge >= 0.3 is 0 Å². The van der Waals surface area contributed by atoms with E-state index >= 15 is 0 Å². The van der Waals surface area contributed by atoms with E-state index in [1.165, 1.54) is 30.5 Å². The predicted octanol–water partition coefficient (Wildman–Crippen LogP) is 3.01. The van der Waals surface area contributed by atoms with Crippen LogP contribution in [0.25, 0.3) is 0 Å². The Hall–Kier alpha value is -1.81. The van der Waals surface area contributed by atoms with Gasteiger partial charge in [-0.25, -0.2) is 0 Å². The average Bonchev–Trinajstić information content (AvgIpc) is 2.88. The van der Waals surface area contributed by atoms with Gasteiger partial charge in [-0.05, 0) is 50.5 Å². The molecule has 1 aliphatic heterocycles. The van der Waals surface area contributed by atoms with Crippen LogP contribution in [-0.4, -0.2) is 30.5 Å². The molecule has 112 valence electrons. The molecule has 1 heterocycles. The SMILES string of the molecule is CC[N+]1(Cc2ccc(OC)cc2)C=C(NC2CCC2)C=N1. The Bertz CT molecular complexity index is 546. The van der Waals surface area contributed by atoms with E-state index in [0.29, 0.717) is 10.6 Å². The van der Waals surface area contributed by atoms with E-state index in [1.54, 1.807) is 7.11 Å². The zero-order valence-corrected chi connectivity index (χ0v) is 12.9. The molecule has 1 atom stereocenters. The van der Waals surface area contributed by atoms with Crippen molar-refractivity contribution in [1.82, 2.24) is 5.32 Å². The highest BCUT2D eigenvalue weighted by Crippen LogP contribution is 2.25. The lowest BCUT2D eigenvalue weighted by atomic mass is 9.93. The average molecular weight is 286 g/mol. The van der Waals surface area contributed by atoms with Crippen molar-refractivity contribution >= 4 is 6.21 Å².